The number of amides is 1. The van der Waals surface area contributed by atoms with Crippen LogP contribution in [0.4, 0.5) is 5.69 Å². The van der Waals surface area contributed by atoms with Crippen molar-refractivity contribution in [3.63, 3.8) is 0 Å². The molecule has 0 fully saturated rings. The van der Waals surface area contributed by atoms with Crippen molar-refractivity contribution >= 4 is 40.0 Å². The third kappa shape index (κ3) is 4.70. The number of rotatable bonds is 5. The minimum Gasteiger partial charge on any atom is -0.321 e. The molecule has 0 saturated carbocycles. The van der Waals surface area contributed by atoms with Gasteiger partial charge in [-0.15, -0.1) is 0 Å². The molecule has 0 aliphatic rings. The van der Waals surface area contributed by atoms with Gasteiger partial charge in [-0.1, -0.05) is 78.3 Å². The molecule has 1 N–H and O–H groups in total. The summed E-state index contributed by atoms with van der Waals surface area (Å²) in [5.74, 6) is -0.488. The molecule has 4 aromatic carbocycles. The van der Waals surface area contributed by atoms with Crippen molar-refractivity contribution in [2.45, 2.75) is 0 Å². The quantitative estimate of drug-likeness (QED) is 0.222. The van der Waals surface area contributed by atoms with E-state index in [0.29, 0.717) is 22.0 Å². The van der Waals surface area contributed by atoms with Crippen molar-refractivity contribution in [2.75, 3.05) is 5.32 Å². The van der Waals surface area contributed by atoms with E-state index < -0.39 is 5.91 Å². The first-order valence-electron chi connectivity index (χ1n) is 10.9. The molecular formula is C29H19ClN4O. The van der Waals surface area contributed by atoms with Crippen LogP contribution in [-0.4, -0.2) is 15.7 Å². The lowest BCUT2D eigenvalue weighted by molar-refractivity contribution is -0.112. The largest absolute Gasteiger partial charge is 0.321 e. The number of para-hydroxylation sites is 1. The van der Waals surface area contributed by atoms with Gasteiger partial charge in [0, 0.05) is 33.4 Å². The average molecular weight is 475 g/mol. The number of nitrogens with one attached hydrogen (secondary N) is 1. The van der Waals surface area contributed by atoms with E-state index in [0.717, 1.165) is 22.0 Å². The number of nitriles is 1. The molecule has 5 rings (SSSR count). The van der Waals surface area contributed by atoms with Gasteiger partial charge in [-0.3, -0.25) is 4.79 Å². The zero-order chi connectivity index (χ0) is 24.2. The van der Waals surface area contributed by atoms with Crippen molar-refractivity contribution in [1.29, 1.82) is 5.26 Å². The number of hydrogen-bond acceptors (Lipinski definition) is 3. The number of anilines is 1. The molecule has 0 radical (unpaired) electrons. The summed E-state index contributed by atoms with van der Waals surface area (Å²) < 4.78 is 1.73. The fourth-order valence-electron chi connectivity index (χ4n) is 3.87. The minimum atomic E-state index is -0.488. The van der Waals surface area contributed by atoms with Gasteiger partial charge in [-0.25, -0.2) is 4.68 Å². The molecule has 1 heterocycles. The number of hydrogen-bond donors (Lipinski definition) is 1. The summed E-state index contributed by atoms with van der Waals surface area (Å²) in [6.07, 6.45) is 3.37. The van der Waals surface area contributed by atoms with E-state index in [4.69, 9.17) is 16.7 Å². The number of aromatic nitrogens is 2. The monoisotopic (exact) mass is 474 g/mol. The predicted octanol–water partition coefficient (Wildman–Crippen LogP) is 6.89. The van der Waals surface area contributed by atoms with Crippen LogP contribution in [0.15, 0.2) is 109 Å². The third-order valence-electron chi connectivity index (χ3n) is 5.58. The van der Waals surface area contributed by atoms with Gasteiger partial charge >= 0.3 is 0 Å². The minimum absolute atomic E-state index is 0.0271. The molecule has 1 amide bonds. The molecule has 0 saturated heterocycles. The lowest BCUT2D eigenvalue weighted by Gasteiger charge is -2.08. The number of carbonyl (C=O) groups excluding carboxylic acids is 1. The van der Waals surface area contributed by atoms with Crippen molar-refractivity contribution in [3.05, 3.63) is 119 Å². The highest BCUT2D eigenvalue weighted by Gasteiger charge is 2.16. The summed E-state index contributed by atoms with van der Waals surface area (Å²) in [6, 6.07) is 32.4. The second kappa shape index (κ2) is 9.68. The summed E-state index contributed by atoms with van der Waals surface area (Å²) in [6.45, 7) is 0. The molecule has 168 valence electrons. The Morgan fingerprint density at radius 3 is 2.40 bits per heavy atom. The Labute approximate surface area is 207 Å². The van der Waals surface area contributed by atoms with Crippen LogP contribution in [0.25, 0.3) is 33.8 Å². The highest BCUT2D eigenvalue weighted by Crippen LogP contribution is 2.28. The number of benzene rings is 4. The van der Waals surface area contributed by atoms with E-state index >= 15 is 0 Å². The molecule has 0 aliphatic heterocycles. The SMILES string of the molecule is N#C/C(=C\c1cn(-c2ccccc2)nc1-c1ccc(Cl)cc1)C(=O)Nc1cccc2ccccc12. The molecule has 0 aliphatic carbocycles. The van der Waals surface area contributed by atoms with Crippen LogP contribution in [0.3, 0.4) is 0 Å². The van der Waals surface area contributed by atoms with E-state index in [1.54, 1.807) is 22.9 Å². The number of fused-ring (bicyclic) bond motifs is 1. The Bertz CT molecular complexity index is 1590. The summed E-state index contributed by atoms with van der Waals surface area (Å²) in [5.41, 5.74) is 3.58. The highest BCUT2D eigenvalue weighted by atomic mass is 35.5. The van der Waals surface area contributed by atoms with Gasteiger partial charge in [-0.2, -0.15) is 10.4 Å². The van der Waals surface area contributed by atoms with Gasteiger partial charge in [0.05, 0.1) is 11.4 Å². The van der Waals surface area contributed by atoms with E-state index in [1.165, 1.54) is 0 Å². The van der Waals surface area contributed by atoms with E-state index in [-0.39, 0.29) is 5.57 Å². The zero-order valence-corrected chi connectivity index (χ0v) is 19.3. The summed E-state index contributed by atoms with van der Waals surface area (Å²) >= 11 is 6.07. The lowest BCUT2D eigenvalue weighted by Crippen LogP contribution is -2.13. The third-order valence-corrected chi connectivity index (χ3v) is 5.84. The average Bonchev–Trinajstić information content (AvgIpc) is 3.32. The van der Waals surface area contributed by atoms with Gasteiger partial charge in [0.1, 0.15) is 11.6 Å². The molecular weight excluding hydrogens is 456 g/mol. The van der Waals surface area contributed by atoms with Crippen LogP contribution >= 0.6 is 11.6 Å². The van der Waals surface area contributed by atoms with Crippen LogP contribution in [0.5, 0.6) is 0 Å². The van der Waals surface area contributed by atoms with Crippen molar-refractivity contribution < 1.29 is 4.79 Å². The van der Waals surface area contributed by atoms with Crippen molar-refractivity contribution in [3.8, 4) is 23.0 Å². The maximum Gasteiger partial charge on any atom is 0.266 e. The van der Waals surface area contributed by atoms with E-state index in [2.05, 4.69) is 5.32 Å². The van der Waals surface area contributed by atoms with Crippen molar-refractivity contribution in [1.82, 2.24) is 9.78 Å². The maximum atomic E-state index is 13.1. The molecule has 0 spiro atoms. The lowest BCUT2D eigenvalue weighted by atomic mass is 10.1. The van der Waals surface area contributed by atoms with Gasteiger partial charge in [0.15, 0.2) is 0 Å². The normalized spacial score (nSPS) is 11.3. The molecule has 35 heavy (non-hydrogen) atoms. The smallest absolute Gasteiger partial charge is 0.266 e. The van der Waals surface area contributed by atoms with Crippen LogP contribution in [0.1, 0.15) is 5.56 Å². The van der Waals surface area contributed by atoms with Crippen LogP contribution in [0, 0.1) is 11.3 Å². The van der Waals surface area contributed by atoms with E-state index in [9.17, 15) is 10.1 Å². The molecule has 5 nitrogen and oxygen atoms in total. The second-order valence-electron chi connectivity index (χ2n) is 7.87. The van der Waals surface area contributed by atoms with Crippen LogP contribution < -0.4 is 5.32 Å². The van der Waals surface area contributed by atoms with Crippen LogP contribution in [-0.2, 0) is 4.79 Å². The standard InChI is InChI=1S/C29H19ClN4O/c30-24-15-13-21(14-16-24)28-23(19-34(33-28)25-9-2-1-3-10-25)17-22(18-31)29(35)32-27-12-6-8-20-7-4-5-11-26(20)27/h1-17,19H,(H,32,35)/b22-17+. The Balaban J connectivity index is 1.55. The first-order chi connectivity index (χ1) is 17.1. The van der Waals surface area contributed by atoms with Gasteiger partial charge in [0.2, 0.25) is 0 Å². The Kier molecular flexibility index (Phi) is 6.13. The second-order valence-corrected chi connectivity index (χ2v) is 8.31. The molecule has 6 heteroatoms. The summed E-state index contributed by atoms with van der Waals surface area (Å²) in [4.78, 5) is 13.1. The molecule has 0 bridgehead atoms. The predicted molar refractivity (Wildman–Crippen MR) is 140 cm³/mol. The van der Waals surface area contributed by atoms with E-state index in [1.807, 2.05) is 97.2 Å². The molecule has 0 atom stereocenters. The van der Waals surface area contributed by atoms with Crippen molar-refractivity contribution in [2.24, 2.45) is 0 Å². The first-order valence-corrected chi connectivity index (χ1v) is 11.3. The fourth-order valence-corrected chi connectivity index (χ4v) is 3.99. The first kappa shape index (κ1) is 22.1. The fraction of sp³-hybridized carbons (Fsp3) is 0. The topological polar surface area (TPSA) is 70.7 Å². The maximum absolute atomic E-state index is 13.1. The van der Waals surface area contributed by atoms with Gasteiger partial charge < -0.3 is 5.32 Å². The number of nitrogens with zero attached hydrogens (tertiary/aromatic N) is 3. The zero-order valence-electron chi connectivity index (χ0n) is 18.5. The summed E-state index contributed by atoms with van der Waals surface area (Å²) in [7, 11) is 0. The Morgan fingerprint density at radius 2 is 1.63 bits per heavy atom. The number of carbonyl (C=O) groups is 1. The Morgan fingerprint density at radius 1 is 0.914 bits per heavy atom. The van der Waals surface area contributed by atoms with Gasteiger partial charge in [-0.05, 0) is 41.8 Å². The molecule has 1 aromatic heterocycles. The molecule has 5 aromatic rings. The highest BCUT2D eigenvalue weighted by molar-refractivity contribution is 6.30. The Hall–Kier alpha value is -4.66. The summed E-state index contributed by atoms with van der Waals surface area (Å²) in [5, 5.41) is 20.0. The number of halogens is 1. The van der Waals surface area contributed by atoms with Crippen LogP contribution in [0.2, 0.25) is 5.02 Å². The molecule has 0 unspecified atom stereocenters. The van der Waals surface area contributed by atoms with Gasteiger partial charge in [0.25, 0.3) is 5.91 Å².